The van der Waals surface area contributed by atoms with Gasteiger partial charge < -0.3 is 10.1 Å². The molecule has 0 radical (unpaired) electrons. The van der Waals surface area contributed by atoms with Gasteiger partial charge in [-0.1, -0.05) is 49.5 Å². The number of ether oxygens (including phenoxy) is 1. The molecule has 0 aliphatic carbocycles. The fourth-order valence-electron chi connectivity index (χ4n) is 1.80. The van der Waals surface area contributed by atoms with Gasteiger partial charge in [0.05, 0.1) is 7.11 Å². The van der Waals surface area contributed by atoms with Crippen molar-refractivity contribution in [2.45, 2.75) is 26.3 Å². The van der Waals surface area contributed by atoms with Crippen LogP contribution in [0.2, 0.25) is 10.0 Å². The Balaban J connectivity index is 2.78. The molecule has 1 rings (SSSR count). The smallest absolute Gasteiger partial charge is 0.328 e. The Labute approximate surface area is 140 Å². The number of carbonyl (C=O) groups is 2. The van der Waals surface area contributed by atoms with E-state index in [-0.39, 0.29) is 11.8 Å². The number of benzene rings is 1. The third-order valence-electron chi connectivity index (χ3n) is 3.34. The van der Waals surface area contributed by atoms with E-state index in [9.17, 15) is 9.59 Å². The fourth-order valence-corrected chi connectivity index (χ4v) is 2.27. The molecule has 0 bridgehead atoms. The number of methoxy groups -OCH3 is 1. The molecule has 0 aromatic heterocycles. The quantitative estimate of drug-likeness (QED) is 0.632. The normalized spacial score (nSPS) is 13.7. The van der Waals surface area contributed by atoms with Crippen LogP contribution in [0, 0.1) is 5.92 Å². The second kappa shape index (κ2) is 8.81. The fraction of sp³-hybridized carbons (Fsp3) is 0.375. The van der Waals surface area contributed by atoms with Gasteiger partial charge in [-0.05, 0) is 29.7 Å². The maximum absolute atomic E-state index is 12.0. The van der Waals surface area contributed by atoms with Crippen LogP contribution in [0.25, 0.3) is 6.08 Å². The lowest BCUT2D eigenvalue weighted by atomic mass is 9.99. The zero-order valence-corrected chi connectivity index (χ0v) is 14.2. The van der Waals surface area contributed by atoms with Gasteiger partial charge in [-0.25, -0.2) is 4.79 Å². The van der Waals surface area contributed by atoms with Crippen molar-refractivity contribution in [2.24, 2.45) is 5.92 Å². The molecule has 1 aromatic carbocycles. The third-order valence-corrected chi connectivity index (χ3v) is 3.91. The summed E-state index contributed by atoms with van der Waals surface area (Å²) in [6.07, 6.45) is 3.64. The van der Waals surface area contributed by atoms with E-state index in [4.69, 9.17) is 27.9 Å². The first-order chi connectivity index (χ1) is 10.4. The van der Waals surface area contributed by atoms with Crippen LogP contribution in [0.3, 0.4) is 0 Å². The van der Waals surface area contributed by atoms with E-state index < -0.39 is 12.0 Å². The number of nitrogens with one attached hydrogen (secondary N) is 1. The maximum atomic E-state index is 12.0. The van der Waals surface area contributed by atoms with E-state index in [0.717, 1.165) is 6.42 Å². The average Bonchev–Trinajstić information content (AvgIpc) is 2.50. The number of halogens is 2. The van der Waals surface area contributed by atoms with Crippen molar-refractivity contribution in [1.82, 2.24) is 5.32 Å². The zero-order valence-electron chi connectivity index (χ0n) is 12.7. The highest BCUT2D eigenvalue weighted by atomic mass is 35.5. The summed E-state index contributed by atoms with van der Waals surface area (Å²) in [5.41, 5.74) is 0.666. The lowest BCUT2D eigenvalue weighted by Crippen LogP contribution is -2.45. The number of carbonyl (C=O) groups excluding carboxylic acids is 2. The van der Waals surface area contributed by atoms with Gasteiger partial charge in [-0.2, -0.15) is 0 Å². The number of hydrogen-bond donors (Lipinski definition) is 1. The minimum Gasteiger partial charge on any atom is -0.467 e. The Morgan fingerprint density at radius 2 is 2.05 bits per heavy atom. The van der Waals surface area contributed by atoms with Crippen molar-refractivity contribution in [3.63, 3.8) is 0 Å². The predicted octanol–water partition coefficient (Wildman–Crippen LogP) is 3.71. The highest BCUT2D eigenvalue weighted by molar-refractivity contribution is 6.35. The monoisotopic (exact) mass is 343 g/mol. The first-order valence-corrected chi connectivity index (χ1v) is 7.66. The zero-order chi connectivity index (χ0) is 16.7. The van der Waals surface area contributed by atoms with Gasteiger partial charge in [-0.3, -0.25) is 4.79 Å². The molecule has 6 heteroatoms. The second-order valence-corrected chi connectivity index (χ2v) is 5.74. The summed E-state index contributed by atoms with van der Waals surface area (Å²) in [6.45, 7) is 3.82. The lowest BCUT2D eigenvalue weighted by molar-refractivity contribution is -0.146. The minimum absolute atomic E-state index is 0.0241. The molecule has 0 fully saturated rings. The van der Waals surface area contributed by atoms with Crippen LogP contribution in [0.4, 0.5) is 0 Å². The summed E-state index contributed by atoms with van der Waals surface area (Å²) in [7, 11) is 1.30. The van der Waals surface area contributed by atoms with Crippen LogP contribution < -0.4 is 5.32 Å². The van der Waals surface area contributed by atoms with Crippen molar-refractivity contribution in [1.29, 1.82) is 0 Å². The summed E-state index contributed by atoms with van der Waals surface area (Å²) in [5.74, 6) is -0.869. The first kappa shape index (κ1) is 18.5. The van der Waals surface area contributed by atoms with Crippen LogP contribution in [-0.2, 0) is 14.3 Å². The van der Waals surface area contributed by atoms with E-state index in [1.165, 1.54) is 13.2 Å². The SMILES string of the molecule is CC[C@H](C)[C@H](NC(=O)/C=C/c1ccc(Cl)cc1Cl)C(=O)OC. The molecule has 22 heavy (non-hydrogen) atoms. The van der Waals surface area contributed by atoms with Gasteiger partial charge in [-0.15, -0.1) is 0 Å². The molecule has 0 unspecified atom stereocenters. The van der Waals surface area contributed by atoms with Crippen molar-refractivity contribution >= 4 is 41.2 Å². The highest BCUT2D eigenvalue weighted by Gasteiger charge is 2.25. The van der Waals surface area contributed by atoms with Crippen LogP contribution in [0.15, 0.2) is 24.3 Å². The molecular weight excluding hydrogens is 325 g/mol. The Kier molecular flexibility index (Phi) is 7.42. The first-order valence-electron chi connectivity index (χ1n) is 6.90. The van der Waals surface area contributed by atoms with E-state index in [0.29, 0.717) is 15.6 Å². The van der Waals surface area contributed by atoms with E-state index in [1.54, 1.807) is 24.3 Å². The van der Waals surface area contributed by atoms with Gasteiger partial charge >= 0.3 is 5.97 Å². The van der Waals surface area contributed by atoms with Crippen molar-refractivity contribution < 1.29 is 14.3 Å². The number of rotatable bonds is 6. The average molecular weight is 344 g/mol. The number of hydrogen-bond acceptors (Lipinski definition) is 3. The number of amides is 1. The van der Waals surface area contributed by atoms with Crippen LogP contribution in [0.5, 0.6) is 0 Å². The van der Waals surface area contributed by atoms with E-state index >= 15 is 0 Å². The Morgan fingerprint density at radius 1 is 1.36 bits per heavy atom. The van der Waals surface area contributed by atoms with E-state index in [2.05, 4.69) is 5.32 Å². The van der Waals surface area contributed by atoms with Gasteiger partial charge in [0.1, 0.15) is 6.04 Å². The van der Waals surface area contributed by atoms with Crippen LogP contribution in [-0.4, -0.2) is 25.0 Å². The Hall–Kier alpha value is -1.52. The molecule has 4 nitrogen and oxygen atoms in total. The van der Waals surface area contributed by atoms with Gasteiger partial charge in [0.15, 0.2) is 0 Å². The molecule has 0 aliphatic heterocycles. The van der Waals surface area contributed by atoms with E-state index in [1.807, 2.05) is 13.8 Å². The molecule has 0 aliphatic rings. The lowest BCUT2D eigenvalue weighted by Gasteiger charge is -2.21. The summed E-state index contributed by atoms with van der Waals surface area (Å²) in [4.78, 5) is 23.7. The topological polar surface area (TPSA) is 55.4 Å². The van der Waals surface area contributed by atoms with Crippen molar-refractivity contribution in [3.05, 3.63) is 39.9 Å². The standard InChI is InChI=1S/C16H19Cl2NO3/c1-4-10(2)15(16(21)22-3)19-14(20)8-6-11-5-7-12(17)9-13(11)18/h5-10,15H,4H2,1-3H3,(H,19,20)/b8-6+/t10-,15-/m0/s1. The molecule has 120 valence electrons. The maximum Gasteiger partial charge on any atom is 0.328 e. The third kappa shape index (κ3) is 5.35. The second-order valence-electron chi connectivity index (χ2n) is 4.89. The molecular formula is C16H19Cl2NO3. The molecule has 0 heterocycles. The van der Waals surface area contributed by atoms with Gasteiger partial charge in [0, 0.05) is 16.1 Å². The Morgan fingerprint density at radius 3 is 2.59 bits per heavy atom. The molecule has 0 saturated heterocycles. The largest absolute Gasteiger partial charge is 0.467 e. The molecule has 1 aromatic rings. The molecule has 1 amide bonds. The minimum atomic E-state index is -0.673. The molecule has 2 atom stereocenters. The summed E-state index contributed by atoms with van der Waals surface area (Å²) in [5, 5.41) is 3.62. The molecule has 0 saturated carbocycles. The van der Waals surface area contributed by atoms with Gasteiger partial charge in [0.25, 0.3) is 0 Å². The Bertz CT molecular complexity index is 573. The highest BCUT2D eigenvalue weighted by Crippen LogP contribution is 2.22. The van der Waals surface area contributed by atoms with Crippen LogP contribution in [0.1, 0.15) is 25.8 Å². The summed E-state index contributed by atoms with van der Waals surface area (Å²) in [6, 6.07) is 4.31. The summed E-state index contributed by atoms with van der Waals surface area (Å²) < 4.78 is 4.72. The number of esters is 1. The van der Waals surface area contributed by atoms with Crippen LogP contribution >= 0.6 is 23.2 Å². The van der Waals surface area contributed by atoms with Crippen molar-refractivity contribution in [3.8, 4) is 0 Å². The van der Waals surface area contributed by atoms with Crippen molar-refractivity contribution in [2.75, 3.05) is 7.11 Å². The summed E-state index contributed by atoms with van der Waals surface area (Å²) >= 11 is 11.8. The molecule has 0 spiro atoms. The molecule has 1 N–H and O–H groups in total. The predicted molar refractivity (Wildman–Crippen MR) is 88.9 cm³/mol. The van der Waals surface area contributed by atoms with Gasteiger partial charge in [0.2, 0.25) is 5.91 Å².